The number of aromatic nitrogens is 2. The topological polar surface area (TPSA) is 108 Å². The van der Waals surface area contributed by atoms with Crippen LogP contribution < -0.4 is 10.1 Å². The van der Waals surface area contributed by atoms with Crippen molar-refractivity contribution in [2.24, 2.45) is 46.3 Å². The highest BCUT2D eigenvalue weighted by molar-refractivity contribution is 5.76. The summed E-state index contributed by atoms with van der Waals surface area (Å²) in [5.74, 6) is 4.84. The Balaban J connectivity index is 0.908. The highest BCUT2D eigenvalue weighted by atomic mass is 16.5. The zero-order valence-corrected chi connectivity index (χ0v) is 29.7. The quantitative estimate of drug-likeness (QED) is 0.285. The lowest BCUT2D eigenvalue weighted by atomic mass is 9.43. The molecule has 8 nitrogen and oxygen atoms in total. The Bertz CT molecular complexity index is 1450. The molecular formula is C40H58N4O4. The minimum Gasteiger partial charge on any atom is -0.497 e. The summed E-state index contributed by atoms with van der Waals surface area (Å²) in [4.78, 5) is 24.9. The fourth-order valence-electron chi connectivity index (χ4n) is 11.6. The molecule has 5 aliphatic rings. The van der Waals surface area contributed by atoms with Crippen LogP contribution in [0.15, 0.2) is 30.5 Å². The molecule has 1 aromatic heterocycles. The predicted molar refractivity (Wildman–Crippen MR) is 187 cm³/mol. The van der Waals surface area contributed by atoms with Crippen LogP contribution in [0.1, 0.15) is 102 Å². The number of ether oxygens (including phenoxy) is 1. The van der Waals surface area contributed by atoms with Crippen molar-refractivity contribution in [1.82, 2.24) is 14.9 Å². The van der Waals surface area contributed by atoms with Crippen molar-refractivity contribution in [3.63, 3.8) is 0 Å². The number of aliphatic hydroxyl groups excluding tert-OH is 2. The van der Waals surface area contributed by atoms with Gasteiger partial charge in [0.1, 0.15) is 5.75 Å². The number of methoxy groups -OCH3 is 1. The molecule has 0 radical (unpaired) electrons. The van der Waals surface area contributed by atoms with Crippen molar-refractivity contribution in [3.05, 3.63) is 47.3 Å². The lowest BCUT2D eigenvalue weighted by molar-refractivity contribution is -0.174. The number of amides is 1. The van der Waals surface area contributed by atoms with Gasteiger partial charge in [0.05, 0.1) is 25.0 Å². The number of anilines is 1. The highest BCUT2D eigenvalue weighted by Gasteiger charge is 2.62. The first-order valence-corrected chi connectivity index (χ1v) is 18.9. The Morgan fingerprint density at radius 3 is 2.62 bits per heavy atom. The van der Waals surface area contributed by atoms with Crippen molar-refractivity contribution < 1.29 is 19.7 Å². The van der Waals surface area contributed by atoms with Crippen molar-refractivity contribution in [3.8, 4) is 5.75 Å². The van der Waals surface area contributed by atoms with Gasteiger partial charge in [0.15, 0.2) is 0 Å². The maximum atomic E-state index is 13.5. The van der Waals surface area contributed by atoms with Gasteiger partial charge in [-0.3, -0.25) is 4.79 Å². The van der Waals surface area contributed by atoms with E-state index in [1.807, 2.05) is 23.2 Å². The molecule has 7 rings (SSSR count). The van der Waals surface area contributed by atoms with Gasteiger partial charge in [-0.25, -0.2) is 9.97 Å². The molecular weight excluding hydrogens is 600 g/mol. The second-order valence-electron chi connectivity index (χ2n) is 16.7. The summed E-state index contributed by atoms with van der Waals surface area (Å²) >= 11 is 0. The van der Waals surface area contributed by atoms with E-state index < -0.39 is 0 Å². The molecule has 0 spiro atoms. The first-order valence-electron chi connectivity index (χ1n) is 18.9. The van der Waals surface area contributed by atoms with Crippen LogP contribution in [0.4, 0.5) is 5.95 Å². The first kappa shape index (κ1) is 33.8. The fourth-order valence-corrected chi connectivity index (χ4v) is 11.6. The van der Waals surface area contributed by atoms with Gasteiger partial charge in [-0.1, -0.05) is 32.9 Å². The molecule has 2 heterocycles. The zero-order valence-electron chi connectivity index (χ0n) is 29.7. The van der Waals surface area contributed by atoms with E-state index in [-0.39, 0.29) is 28.9 Å². The molecule has 4 saturated carbocycles. The highest BCUT2D eigenvalue weighted by Crippen LogP contribution is 2.68. The largest absolute Gasteiger partial charge is 0.497 e. The lowest BCUT2D eigenvalue weighted by Gasteiger charge is -2.62. The van der Waals surface area contributed by atoms with Crippen LogP contribution in [0.5, 0.6) is 5.75 Å². The number of carbonyl (C=O) groups is 1. The third-order valence-corrected chi connectivity index (χ3v) is 14.4. The maximum absolute atomic E-state index is 13.5. The standard InChI is InChI=1S/C40H58N4O4/c1-25(31-10-11-32-37-33(14-18-40(31,32)3)39(2)17-13-29(45)21-28(39)22-35(37)46)5-12-36(47)44-20-16-34-27(24-44)23-42-38(43-34)41-19-15-26-6-8-30(48-4)9-7-26/h6-9,23,25,28-29,31-33,35,37,45-46H,5,10-22,24H2,1-4H3,(H,41,42,43)/t25-,28+,29-,31-,32+,33+,35+,37+,39+,40-/m1/s1. The summed E-state index contributed by atoms with van der Waals surface area (Å²) in [6, 6.07) is 8.12. The number of aliphatic hydroxyl groups is 2. The van der Waals surface area contributed by atoms with Gasteiger partial charge >= 0.3 is 0 Å². The molecule has 0 bridgehead atoms. The summed E-state index contributed by atoms with van der Waals surface area (Å²) in [5, 5.41) is 25.4. The molecule has 4 fully saturated rings. The van der Waals surface area contributed by atoms with Gasteiger partial charge in [0, 0.05) is 44.2 Å². The van der Waals surface area contributed by atoms with E-state index >= 15 is 0 Å². The predicted octanol–water partition coefficient (Wildman–Crippen LogP) is 6.43. The first-order chi connectivity index (χ1) is 23.1. The van der Waals surface area contributed by atoms with E-state index in [1.54, 1.807) is 7.11 Å². The maximum Gasteiger partial charge on any atom is 0.222 e. The minimum atomic E-state index is -0.240. The number of hydrogen-bond donors (Lipinski definition) is 3. The molecule has 3 N–H and O–H groups in total. The molecule has 48 heavy (non-hydrogen) atoms. The van der Waals surface area contributed by atoms with Crippen LogP contribution in [0.3, 0.4) is 0 Å². The summed E-state index contributed by atoms with van der Waals surface area (Å²) in [7, 11) is 1.68. The number of hydrogen-bond acceptors (Lipinski definition) is 7. The van der Waals surface area contributed by atoms with Crippen LogP contribution in [0.2, 0.25) is 0 Å². The minimum absolute atomic E-state index is 0.190. The average Bonchev–Trinajstić information content (AvgIpc) is 3.45. The molecule has 1 aromatic carbocycles. The van der Waals surface area contributed by atoms with Gasteiger partial charge in [0.25, 0.3) is 0 Å². The molecule has 1 amide bonds. The van der Waals surface area contributed by atoms with Crippen molar-refractivity contribution >= 4 is 11.9 Å². The van der Waals surface area contributed by atoms with E-state index in [0.717, 1.165) is 68.5 Å². The Morgan fingerprint density at radius 1 is 1.06 bits per heavy atom. The Labute approximate surface area is 287 Å². The van der Waals surface area contributed by atoms with E-state index in [4.69, 9.17) is 9.72 Å². The molecule has 262 valence electrons. The van der Waals surface area contributed by atoms with E-state index in [2.05, 4.69) is 43.2 Å². The molecule has 8 heteroatoms. The lowest BCUT2D eigenvalue weighted by Crippen LogP contribution is -2.58. The van der Waals surface area contributed by atoms with E-state index in [9.17, 15) is 15.0 Å². The van der Waals surface area contributed by atoms with Crippen molar-refractivity contribution in [2.75, 3.05) is 25.5 Å². The van der Waals surface area contributed by atoms with Crippen molar-refractivity contribution in [2.45, 2.75) is 117 Å². The third kappa shape index (κ3) is 6.25. The van der Waals surface area contributed by atoms with Crippen molar-refractivity contribution in [1.29, 1.82) is 0 Å². The van der Waals surface area contributed by atoms with Crippen LogP contribution in [-0.2, 0) is 24.2 Å². The van der Waals surface area contributed by atoms with E-state index in [1.165, 1.54) is 31.2 Å². The number of fused-ring (bicyclic) bond motifs is 6. The molecule has 4 aliphatic carbocycles. The summed E-state index contributed by atoms with van der Waals surface area (Å²) in [6.07, 6.45) is 13.3. The van der Waals surface area contributed by atoms with Crippen LogP contribution in [-0.4, -0.2) is 63.4 Å². The van der Waals surface area contributed by atoms with Gasteiger partial charge < -0.3 is 25.2 Å². The van der Waals surface area contributed by atoms with E-state index in [0.29, 0.717) is 61.0 Å². The number of carbonyl (C=O) groups excluding carboxylic acids is 1. The summed E-state index contributed by atoms with van der Waals surface area (Å²) in [5.41, 5.74) is 3.83. The molecule has 10 atom stereocenters. The molecule has 1 aliphatic heterocycles. The third-order valence-electron chi connectivity index (χ3n) is 14.4. The van der Waals surface area contributed by atoms with Gasteiger partial charge in [-0.2, -0.15) is 0 Å². The number of benzene rings is 1. The normalized spacial score (nSPS) is 36.3. The smallest absolute Gasteiger partial charge is 0.222 e. The molecule has 2 aromatic rings. The molecule has 0 saturated heterocycles. The Hall–Kier alpha value is -2.71. The van der Waals surface area contributed by atoms with Gasteiger partial charge in [-0.15, -0.1) is 0 Å². The molecule has 0 unspecified atom stereocenters. The zero-order chi connectivity index (χ0) is 33.6. The Morgan fingerprint density at radius 2 is 1.83 bits per heavy atom. The SMILES string of the molecule is COc1ccc(CCNc2ncc3c(n2)CCN(C(=O)CC[C@@H](C)[C@H]2CC[C@H]4[C@@H]5[C@@H](O)C[C@@H]6C[C@H](O)CC[C@]6(C)[C@H]5CC[C@]24C)C3)cc1. The Kier molecular flexibility index (Phi) is 9.53. The van der Waals surface area contributed by atoms with Gasteiger partial charge in [0.2, 0.25) is 11.9 Å². The fraction of sp³-hybridized carbons (Fsp3) is 0.725. The monoisotopic (exact) mass is 658 g/mol. The summed E-state index contributed by atoms with van der Waals surface area (Å²) in [6.45, 7) is 9.46. The summed E-state index contributed by atoms with van der Waals surface area (Å²) < 4.78 is 5.25. The van der Waals surface area contributed by atoms with Crippen LogP contribution in [0, 0.1) is 46.3 Å². The number of rotatable bonds is 9. The second-order valence-corrected chi connectivity index (χ2v) is 16.7. The number of nitrogens with one attached hydrogen (secondary N) is 1. The number of nitrogens with zero attached hydrogens (tertiary/aromatic N) is 3. The second kappa shape index (κ2) is 13.5. The van der Waals surface area contributed by atoms with Crippen LogP contribution >= 0.6 is 0 Å². The van der Waals surface area contributed by atoms with Crippen LogP contribution in [0.25, 0.3) is 0 Å². The van der Waals surface area contributed by atoms with Gasteiger partial charge in [-0.05, 0) is 128 Å². The average molecular weight is 659 g/mol.